The molecule has 0 aliphatic rings. The van der Waals surface area contributed by atoms with Crippen molar-refractivity contribution in [2.75, 3.05) is 24.2 Å². The molecule has 34 heavy (non-hydrogen) atoms. The summed E-state index contributed by atoms with van der Waals surface area (Å²) in [6.45, 7) is 4.37. The number of ether oxygens (including phenoxy) is 1. The SMILES string of the molecule is COc1ccc(CN(C(=O)CN(c2ccc(F)c(F)c2)S(C)(=O)=O)[C@@H](C)C(=O)NC(C)C)cc1. The molecule has 0 aliphatic carbocycles. The van der Waals surface area contributed by atoms with Crippen LogP contribution in [0.15, 0.2) is 42.5 Å². The quantitative estimate of drug-likeness (QED) is 0.545. The monoisotopic (exact) mass is 497 g/mol. The molecule has 0 saturated heterocycles. The maximum atomic E-state index is 13.8. The maximum absolute atomic E-state index is 13.8. The highest BCUT2D eigenvalue weighted by Gasteiger charge is 2.30. The molecule has 0 bridgehead atoms. The number of carbonyl (C=O) groups excluding carboxylic acids is 2. The van der Waals surface area contributed by atoms with Crippen molar-refractivity contribution in [3.63, 3.8) is 0 Å². The minimum atomic E-state index is -4.04. The molecule has 0 aromatic heterocycles. The number of sulfonamides is 1. The van der Waals surface area contributed by atoms with Crippen molar-refractivity contribution in [2.45, 2.75) is 39.4 Å². The summed E-state index contributed by atoms with van der Waals surface area (Å²) in [5.41, 5.74) is 0.468. The van der Waals surface area contributed by atoms with Crippen LogP contribution in [0.2, 0.25) is 0 Å². The van der Waals surface area contributed by atoms with E-state index >= 15 is 0 Å². The Morgan fingerprint density at radius 3 is 2.15 bits per heavy atom. The van der Waals surface area contributed by atoms with Crippen molar-refractivity contribution in [2.24, 2.45) is 0 Å². The number of nitrogens with one attached hydrogen (secondary N) is 1. The predicted octanol–water partition coefficient (Wildman–Crippen LogP) is 2.68. The highest BCUT2D eigenvalue weighted by Crippen LogP contribution is 2.22. The van der Waals surface area contributed by atoms with Crippen molar-refractivity contribution in [1.29, 1.82) is 0 Å². The van der Waals surface area contributed by atoms with Gasteiger partial charge in [-0.3, -0.25) is 13.9 Å². The van der Waals surface area contributed by atoms with E-state index in [4.69, 9.17) is 4.74 Å². The number of hydrogen-bond acceptors (Lipinski definition) is 5. The first-order valence-electron chi connectivity index (χ1n) is 10.5. The second kappa shape index (κ2) is 11.3. The van der Waals surface area contributed by atoms with E-state index in [9.17, 15) is 26.8 Å². The van der Waals surface area contributed by atoms with Gasteiger partial charge in [-0.1, -0.05) is 12.1 Å². The van der Waals surface area contributed by atoms with Crippen LogP contribution in [0, 0.1) is 11.6 Å². The number of benzene rings is 2. The van der Waals surface area contributed by atoms with Gasteiger partial charge in [0.2, 0.25) is 21.8 Å². The molecule has 2 aromatic carbocycles. The molecule has 11 heteroatoms. The van der Waals surface area contributed by atoms with Gasteiger partial charge in [-0.15, -0.1) is 0 Å². The summed E-state index contributed by atoms with van der Waals surface area (Å²) >= 11 is 0. The van der Waals surface area contributed by atoms with E-state index in [2.05, 4.69) is 5.32 Å². The number of rotatable bonds is 10. The summed E-state index contributed by atoms with van der Waals surface area (Å²) in [5, 5.41) is 2.73. The Morgan fingerprint density at radius 1 is 1.03 bits per heavy atom. The summed E-state index contributed by atoms with van der Waals surface area (Å²) in [7, 11) is -2.53. The van der Waals surface area contributed by atoms with Crippen LogP contribution in [-0.2, 0) is 26.2 Å². The second-order valence-corrected chi connectivity index (χ2v) is 9.98. The third kappa shape index (κ3) is 7.14. The Morgan fingerprint density at radius 2 is 1.65 bits per heavy atom. The predicted molar refractivity (Wildman–Crippen MR) is 125 cm³/mol. The number of nitrogens with zero attached hydrogens (tertiary/aromatic N) is 2. The Bertz CT molecular complexity index is 1120. The largest absolute Gasteiger partial charge is 0.497 e. The topological polar surface area (TPSA) is 96.0 Å². The number of hydrogen-bond donors (Lipinski definition) is 1. The van der Waals surface area contributed by atoms with Crippen molar-refractivity contribution in [1.82, 2.24) is 10.2 Å². The van der Waals surface area contributed by atoms with Gasteiger partial charge in [0.15, 0.2) is 11.6 Å². The lowest BCUT2D eigenvalue weighted by Crippen LogP contribution is -2.52. The van der Waals surface area contributed by atoms with E-state index in [0.717, 1.165) is 18.4 Å². The van der Waals surface area contributed by atoms with Crippen LogP contribution in [0.1, 0.15) is 26.3 Å². The summed E-state index contributed by atoms with van der Waals surface area (Å²) in [4.78, 5) is 27.2. The first-order valence-corrected chi connectivity index (χ1v) is 12.3. The number of amides is 2. The molecule has 1 atom stereocenters. The van der Waals surface area contributed by atoms with Gasteiger partial charge in [-0.2, -0.15) is 0 Å². The standard InChI is InChI=1S/C23H29F2N3O5S/c1-15(2)26-23(30)16(3)27(13-17-6-9-19(33-4)10-7-17)22(29)14-28(34(5,31)32)18-8-11-20(24)21(25)12-18/h6-12,15-16H,13-14H2,1-5H3,(H,26,30)/t16-/m0/s1. The number of methoxy groups -OCH3 is 1. The molecule has 2 amide bonds. The summed E-state index contributed by atoms with van der Waals surface area (Å²) in [6, 6.07) is 8.25. The minimum Gasteiger partial charge on any atom is -0.497 e. The van der Waals surface area contributed by atoms with Crippen LogP contribution in [0.5, 0.6) is 5.75 Å². The van der Waals surface area contributed by atoms with Gasteiger partial charge in [0, 0.05) is 18.7 Å². The van der Waals surface area contributed by atoms with E-state index in [1.807, 2.05) is 0 Å². The van der Waals surface area contributed by atoms with Crippen molar-refractivity contribution in [3.8, 4) is 5.75 Å². The van der Waals surface area contributed by atoms with Gasteiger partial charge in [0.25, 0.3) is 0 Å². The summed E-state index contributed by atoms with van der Waals surface area (Å²) in [6.07, 6.45) is 0.851. The van der Waals surface area contributed by atoms with Gasteiger partial charge < -0.3 is 15.0 Å². The fourth-order valence-corrected chi connectivity index (χ4v) is 4.01. The molecule has 2 rings (SSSR count). The van der Waals surface area contributed by atoms with Gasteiger partial charge >= 0.3 is 0 Å². The van der Waals surface area contributed by atoms with E-state index in [1.54, 1.807) is 38.1 Å². The first kappa shape index (κ1) is 27.0. The fraction of sp³-hybridized carbons (Fsp3) is 0.391. The van der Waals surface area contributed by atoms with Crippen molar-refractivity contribution in [3.05, 3.63) is 59.7 Å². The zero-order valence-electron chi connectivity index (χ0n) is 19.7. The van der Waals surface area contributed by atoms with Crippen molar-refractivity contribution >= 4 is 27.5 Å². The van der Waals surface area contributed by atoms with Crippen LogP contribution >= 0.6 is 0 Å². The molecular weight excluding hydrogens is 468 g/mol. The molecule has 0 heterocycles. The summed E-state index contributed by atoms with van der Waals surface area (Å²) < 4.78 is 57.8. The average molecular weight is 498 g/mol. The Kier molecular flexibility index (Phi) is 8.97. The zero-order valence-corrected chi connectivity index (χ0v) is 20.5. The van der Waals surface area contributed by atoms with Crippen LogP contribution in [0.4, 0.5) is 14.5 Å². The van der Waals surface area contributed by atoms with Crippen molar-refractivity contribution < 1.29 is 31.5 Å². The van der Waals surface area contributed by atoms with E-state index in [0.29, 0.717) is 21.7 Å². The molecule has 0 spiro atoms. The van der Waals surface area contributed by atoms with E-state index in [1.165, 1.54) is 18.9 Å². The Balaban J connectivity index is 2.40. The molecule has 0 saturated carbocycles. The van der Waals surface area contributed by atoms with Crippen LogP contribution in [-0.4, -0.2) is 57.1 Å². The maximum Gasteiger partial charge on any atom is 0.244 e. The molecule has 186 valence electrons. The number of carbonyl (C=O) groups is 2. The second-order valence-electron chi connectivity index (χ2n) is 8.08. The van der Waals surface area contributed by atoms with E-state index < -0.39 is 46.1 Å². The molecule has 2 aromatic rings. The number of halogens is 2. The molecule has 0 unspecified atom stereocenters. The third-order valence-corrected chi connectivity index (χ3v) is 6.12. The van der Waals surface area contributed by atoms with E-state index in [-0.39, 0.29) is 18.3 Å². The Hall–Kier alpha value is -3.21. The highest BCUT2D eigenvalue weighted by atomic mass is 32.2. The summed E-state index contributed by atoms with van der Waals surface area (Å²) in [5.74, 6) is -2.91. The van der Waals surface area contributed by atoms with Gasteiger partial charge in [0.1, 0.15) is 18.3 Å². The van der Waals surface area contributed by atoms with Crippen LogP contribution in [0.3, 0.4) is 0 Å². The minimum absolute atomic E-state index is 0.00485. The van der Waals surface area contributed by atoms with Gasteiger partial charge in [-0.05, 0) is 50.6 Å². The highest BCUT2D eigenvalue weighted by molar-refractivity contribution is 7.92. The van der Waals surface area contributed by atoms with Crippen LogP contribution < -0.4 is 14.4 Å². The zero-order chi connectivity index (χ0) is 25.6. The molecular formula is C23H29F2N3O5S. The molecule has 1 N–H and O–H groups in total. The first-order chi connectivity index (χ1) is 15.8. The lowest BCUT2D eigenvalue weighted by molar-refractivity contribution is -0.139. The Labute approximate surface area is 198 Å². The molecule has 0 radical (unpaired) electrons. The fourth-order valence-electron chi connectivity index (χ4n) is 3.17. The third-order valence-electron chi connectivity index (χ3n) is 4.98. The van der Waals surface area contributed by atoms with Crippen LogP contribution in [0.25, 0.3) is 0 Å². The van der Waals surface area contributed by atoms with Gasteiger partial charge in [0.05, 0.1) is 19.1 Å². The lowest BCUT2D eigenvalue weighted by Gasteiger charge is -2.32. The lowest BCUT2D eigenvalue weighted by atomic mass is 10.1. The molecule has 0 fully saturated rings. The number of anilines is 1. The van der Waals surface area contributed by atoms with Gasteiger partial charge in [-0.25, -0.2) is 17.2 Å². The average Bonchev–Trinajstić information content (AvgIpc) is 2.76. The molecule has 8 nitrogen and oxygen atoms in total. The molecule has 0 aliphatic heterocycles. The normalized spacial score (nSPS) is 12.2. The smallest absolute Gasteiger partial charge is 0.244 e.